The fraction of sp³-hybridized carbons (Fsp3) is 0.500. The van der Waals surface area contributed by atoms with Gasteiger partial charge in [-0.25, -0.2) is 8.42 Å². The standard InChI is InChI=1S/C12H16Cl2N2O2S/c1-2-16(9-6-7-15-8-9)19(17,18)12-10(13)4-3-5-11(12)14/h3-5,9,15H,2,6-8H2,1H3. The van der Waals surface area contributed by atoms with Crippen molar-refractivity contribution in [1.29, 1.82) is 0 Å². The van der Waals surface area contributed by atoms with Gasteiger partial charge in [-0.3, -0.25) is 0 Å². The van der Waals surface area contributed by atoms with Gasteiger partial charge in [0.2, 0.25) is 10.0 Å². The molecule has 1 atom stereocenters. The van der Waals surface area contributed by atoms with Crippen molar-refractivity contribution in [2.75, 3.05) is 19.6 Å². The number of benzene rings is 1. The highest BCUT2D eigenvalue weighted by Gasteiger charge is 2.34. The Hall–Kier alpha value is -0.330. The van der Waals surface area contributed by atoms with Crippen LogP contribution in [0.4, 0.5) is 0 Å². The third-order valence-electron chi connectivity index (χ3n) is 3.24. The number of rotatable bonds is 4. The van der Waals surface area contributed by atoms with Crippen LogP contribution in [0.3, 0.4) is 0 Å². The van der Waals surface area contributed by atoms with E-state index in [0.717, 1.165) is 13.0 Å². The molecule has 1 heterocycles. The van der Waals surface area contributed by atoms with Crippen LogP contribution in [0.1, 0.15) is 13.3 Å². The zero-order chi connectivity index (χ0) is 14.0. The van der Waals surface area contributed by atoms with Crippen molar-refractivity contribution in [1.82, 2.24) is 9.62 Å². The molecule has 1 aliphatic heterocycles. The highest BCUT2D eigenvalue weighted by atomic mass is 35.5. The molecule has 4 nitrogen and oxygen atoms in total. The van der Waals surface area contributed by atoms with Gasteiger partial charge in [-0.2, -0.15) is 4.31 Å². The van der Waals surface area contributed by atoms with Crippen molar-refractivity contribution < 1.29 is 8.42 Å². The molecule has 1 aliphatic rings. The number of likely N-dealkylation sites (N-methyl/N-ethyl adjacent to an activating group) is 1. The van der Waals surface area contributed by atoms with E-state index in [1.807, 2.05) is 6.92 Å². The minimum Gasteiger partial charge on any atom is -0.315 e. The maximum Gasteiger partial charge on any atom is 0.246 e. The molecule has 0 aliphatic carbocycles. The lowest BCUT2D eigenvalue weighted by atomic mass is 10.3. The fourth-order valence-electron chi connectivity index (χ4n) is 2.36. The van der Waals surface area contributed by atoms with Gasteiger partial charge < -0.3 is 5.32 Å². The average molecular weight is 323 g/mol. The Labute approximate surface area is 123 Å². The van der Waals surface area contributed by atoms with Crippen molar-refractivity contribution >= 4 is 33.2 Å². The van der Waals surface area contributed by atoms with Crippen molar-refractivity contribution in [2.45, 2.75) is 24.3 Å². The van der Waals surface area contributed by atoms with Crippen LogP contribution in [0.15, 0.2) is 23.1 Å². The molecule has 0 amide bonds. The van der Waals surface area contributed by atoms with E-state index < -0.39 is 10.0 Å². The topological polar surface area (TPSA) is 49.4 Å². The van der Waals surface area contributed by atoms with Crippen LogP contribution >= 0.6 is 23.2 Å². The van der Waals surface area contributed by atoms with Gasteiger partial charge in [0.15, 0.2) is 0 Å². The lowest BCUT2D eigenvalue weighted by molar-refractivity contribution is 0.349. The summed E-state index contributed by atoms with van der Waals surface area (Å²) < 4.78 is 26.9. The van der Waals surface area contributed by atoms with E-state index in [1.54, 1.807) is 18.2 Å². The molecule has 1 aromatic rings. The van der Waals surface area contributed by atoms with Crippen molar-refractivity contribution in [3.63, 3.8) is 0 Å². The van der Waals surface area contributed by atoms with E-state index in [9.17, 15) is 8.42 Å². The average Bonchev–Trinajstić information content (AvgIpc) is 2.82. The van der Waals surface area contributed by atoms with E-state index in [2.05, 4.69) is 5.32 Å². The predicted molar refractivity (Wildman–Crippen MR) is 77.3 cm³/mol. The zero-order valence-electron chi connectivity index (χ0n) is 10.6. The molecular formula is C12H16Cl2N2O2S. The summed E-state index contributed by atoms with van der Waals surface area (Å²) in [7, 11) is -3.67. The monoisotopic (exact) mass is 322 g/mol. The molecule has 1 saturated heterocycles. The Bertz CT molecular complexity index is 537. The first-order valence-electron chi connectivity index (χ1n) is 6.15. The Balaban J connectivity index is 2.45. The number of hydrogen-bond donors (Lipinski definition) is 1. The van der Waals surface area contributed by atoms with Crippen molar-refractivity contribution in [2.24, 2.45) is 0 Å². The molecule has 0 spiro atoms. The Morgan fingerprint density at radius 2 is 2.00 bits per heavy atom. The first-order valence-corrected chi connectivity index (χ1v) is 8.34. The number of nitrogens with zero attached hydrogens (tertiary/aromatic N) is 1. The summed E-state index contributed by atoms with van der Waals surface area (Å²) in [6.07, 6.45) is 0.801. The van der Waals surface area contributed by atoms with Crippen LogP contribution in [-0.2, 0) is 10.0 Å². The number of nitrogens with one attached hydrogen (secondary N) is 1. The molecule has 0 saturated carbocycles. The second kappa shape index (κ2) is 5.97. The lowest BCUT2D eigenvalue weighted by Crippen LogP contribution is -2.41. The van der Waals surface area contributed by atoms with Crippen LogP contribution in [0, 0.1) is 0 Å². The highest BCUT2D eigenvalue weighted by Crippen LogP contribution is 2.32. The summed E-state index contributed by atoms with van der Waals surface area (Å²) in [5.41, 5.74) is 0. The SMILES string of the molecule is CCN(C1CCNC1)S(=O)(=O)c1c(Cl)cccc1Cl. The molecule has 1 fully saturated rings. The summed E-state index contributed by atoms with van der Waals surface area (Å²) in [6.45, 7) is 3.71. The molecule has 2 rings (SSSR count). The largest absolute Gasteiger partial charge is 0.315 e. The van der Waals surface area contributed by atoms with Gasteiger partial charge in [-0.1, -0.05) is 36.2 Å². The summed E-state index contributed by atoms with van der Waals surface area (Å²) in [5.74, 6) is 0. The second-order valence-electron chi connectivity index (χ2n) is 4.41. The maximum atomic E-state index is 12.7. The van der Waals surface area contributed by atoms with Crippen LogP contribution < -0.4 is 5.32 Å². The lowest BCUT2D eigenvalue weighted by Gasteiger charge is -2.27. The van der Waals surface area contributed by atoms with E-state index in [4.69, 9.17) is 23.2 Å². The van der Waals surface area contributed by atoms with Crippen LogP contribution in [-0.4, -0.2) is 38.4 Å². The summed E-state index contributed by atoms with van der Waals surface area (Å²) in [6, 6.07) is 4.68. The Morgan fingerprint density at radius 3 is 2.47 bits per heavy atom. The van der Waals surface area contributed by atoms with E-state index in [0.29, 0.717) is 13.1 Å². The van der Waals surface area contributed by atoms with Crippen molar-refractivity contribution in [3.05, 3.63) is 28.2 Å². The van der Waals surface area contributed by atoms with Gasteiger partial charge in [0.1, 0.15) is 4.90 Å². The van der Waals surface area contributed by atoms with E-state index >= 15 is 0 Å². The van der Waals surface area contributed by atoms with Gasteiger partial charge in [0.05, 0.1) is 10.0 Å². The number of hydrogen-bond acceptors (Lipinski definition) is 3. The first-order chi connectivity index (χ1) is 8.98. The maximum absolute atomic E-state index is 12.7. The molecule has 1 aromatic carbocycles. The molecule has 7 heteroatoms. The van der Waals surface area contributed by atoms with Gasteiger partial charge in [0, 0.05) is 19.1 Å². The second-order valence-corrected chi connectivity index (χ2v) is 7.05. The molecule has 0 radical (unpaired) electrons. The van der Waals surface area contributed by atoms with Crippen LogP contribution in [0.5, 0.6) is 0 Å². The Kier molecular flexibility index (Phi) is 4.74. The molecular weight excluding hydrogens is 307 g/mol. The van der Waals surface area contributed by atoms with E-state index in [-0.39, 0.29) is 21.0 Å². The van der Waals surface area contributed by atoms with Crippen LogP contribution in [0.2, 0.25) is 10.0 Å². The molecule has 0 bridgehead atoms. The van der Waals surface area contributed by atoms with E-state index in [1.165, 1.54) is 4.31 Å². The van der Waals surface area contributed by atoms with Crippen LogP contribution in [0.25, 0.3) is 0 Å². The van der Waals surface area contributed by atoms with Gasteiger partial charge in [-0.15, -0.1) is 0 Å². The van der Waals surface area contributed by atoms with Gasteiger partial charge >= 0.3 is 0 Å². The molecule has 1 unspecified atom stereocenters. The minimum atomic E-state index is -3.67. The predicted octanol–water partition coefficient (Wildman–Crippen LogP) is 2.37. The van der Waals surface area contributed by atoms with Gasteiger partial charge in [0.25, 0.3) is 0 Å². The summed E-state index contributed by atoms with van der Waals surface area (Å²) in [4.78, 5) is 0.00656. The first kappa shape index (κ1) is 15.1. The number of sulfonamides is 1. The van der Waals surface area contributed by atoms with Gasteiger partial charge in [-0.05, 0) is 25.1 Å². The van der Waals surface area contributed by atoms with Crippen molar-refractivity contribution in [3.8, 4) is 0 Å². The quantitative estimate of drug-likeness (QED) is 0.925. The molecule has 106 valence electrons. The summed E-state index contributed by atoms with van der Waals surface area (Å²) in [5, 5.41) is 3.50. The molecule has 19 heavy (non-hydrogen) atoms. The molecule has 0 aromatic heterocycles. The third-order valence-corrected chi connectivity index (χ3v) is 6.22. The highest BCUT2D eigenvalue weighted by molar-refractivity contribution is 7.89. The zero-order valence-corrected chi connectivity index (χ0v) is 12.9. The third kappa shape index (κ3) is 2.90. The molecule has 1 N–H and O–H groups in total. The Morgan fingerprint density at radius 1 is 1.37 bits per heavy atom. The normalized spacial score (nSPS) is 20.1. The minimum absolute atomic E-state index is 0.00656. The fourth-order valence-corrected chi connectivity index (χ4v) is 5.11. The smallest absolute Gasteiger partial charge is 0.246 e. The summed E-state index contributed by atoms with van der Waals surface area (Å²) >= 11 is 12.0. The number of halogens is 2.